The smallest absolute Gasteiger partial charge is 0.181 e. The first-order chi connectivity index (χ1) is 8.25. The number of nitrogens with two attached hydrogens (primary N) is 1. The first-order valence-electron chi connectivity index (χ1n) is 4.96. The van der Waals surface area contributed by atoms with Crippen LogP contribution in [0.15, 0.2) is 35.2 Å². The highest BCUT2D eigenvalue weighted by atomic mass is 79.9. The molecule has 0 atom stereocenters. The third-order valence-corrected chi connectivity index (χ3v) is 3.16. The largest absolute Gasteiger partial charge is 0.397 e. The molecule has 84 valence electrons. The van der Waals surface area contributed by atoms with Gasteiger partial charge in [0.1, 0.15) is 17.7 Å². The van der Waals surface area contributed by atoms with E-state index in [1.165, 1.54) is 6.33 Å². The van der Waals surface area contributed by atoms with E-state index in [0.717, 1.165) is 15.6 Å². The average molecular weight is 290 g/mol. The van der Waals surface area contributed by atoms with Gasteiger partial charge in [-0.05, 0) is 28.1 Å². The molecule has 2 heterocycles. The summed E-state index contributed by atoms with van der Waals surface area (Å²) < 4.78 is 0.849. The molecule has 17 heavy (non-hydrogen) atoms. The van der Waals surface area contributed by atoms with Crippen molar-refractivity contribution in [1.82, 2.24) is 19.9 Å². The van der Waals surface area contributed by atoms with Crippen LogP contribution in [0.25, 0.3) is 22.6 Å². The molecule has 0 aliphatic carbocycles. The molecular weight excluding hydrogens is 282 g/mol. The standard InChI is InChI=1S/C11H8BrN5/c12-7-3-1-2-6(9(7)13)10-16-8-4-14-5-15-11(8)17-10/h1-5H,13H2,(H,14,15,16,17). The van der Waals surface area contributed by atoms with Gasteiger partial charge in [-0.15, -0.1) is 0 Å². The molecule has 0 saturated heterocycles. The first-order valence-corrected chi connectivity index (χ1v) is 5.75. The van der Waals surface area contributed by atoms with Crippen LogP contribution >= 0.6 is 15.9 Å². The van der Waals surface area contributed by atoms with E-state index in [1.54, 1.807) is 6.20 Å². The van der Waals surface area contributed by atoms with Crippen LogP contribution in [-0.4, -0.2) is 19.9 Å². The molecule has 0 fully saturated rings. The Labute approximate surface area is 105 Å². The second-order valence-corrected chi connectivity index (χ2v) is 4.40. The number of anilines is 1. The summed E-state index contributed by atoms with van der Waals surface area (Å²) in [6.07, 6.45) is 3.16. The van der Waals surface area contributed by atoms with Gasteiger partial charge in [0.05, 0.1) is 11.9 Å². The Bertz CT molecular complexity index is 658. The number of hydrogen-bond donors (Lipinski definition) is 2. The highest BCUT2D eigenvalue weighted by Gasteiger charge is 2.10. The number of nitrogens with zero attached hydrogens (tertiary/aromatic N) is 3. The topological polar surface area (TPSA) is 80.5 Å². The van der Waals surface area contributed by atoms with Crippen LogP contribution in [0.2, 0.25) is 0 Å². The van der Waals surface area contributed by atoms with Gasteiger partial charge >= 0.3 is 0 Å². The van der Waals surface area contributed by atoms with E-state index in [-0.39, 0.29) is 0 Å². The van der Waals surface area contributed by atoms with Crippen molar-refractivity contribution < 1.29 is 0 Å². The lowest BCUT2D eigenvalue weighted by atomic mass is 10.2. The summed E-state index contributed by atoms with van der Waals surface area (Å²) in [5.74, 6) is 0.694. The van der Waals surface area contributed by atoms with Crippen LogP contribution in [0.4, 0.5) is 5.69 Å². The molecule has 0 bridgehead atoms. The molecule has 0 aliphatic heterocycles. The number of imidazole rings is 1. The molecule has 0 amide bonds. The van der Waals surface area contributed by atoms with E-state index in [4.69, 9.17) is 5.73 Å². The number of hydrogen-bond acceptors (Lipinski definition) is 4. The lowest BCUT2D eigenvalue weighted by molar-refractivity contribution is 1.20. The Kier molecular flexibility index (Phi) is 2.29. The number of para-hydroxylation sites is 1. The third-order valence-electron chi connectivity index (χ3n) is 2.47. The van der Waals surface area contributed by atoms with Crippen LogP contribution in [0.1, 0.15) is 0 Å². The number of nitrogen functional groups attached to an aromatic ring is 1. The summed E-state index contributed by atoms with van der Waals surface area (Å²) in [5.41, 5.74) is 8.92. The van der Waals surface area contributed by atoms with Crippen molar-refractivity contribution in [3.63, 3.8) is 0 Å². The molecule has 0 radical (unpaired) electrons. The fourth-order valence-electron chi connectivity index (χ4n) is 1.63. The molecule has 6 heteroatoms. The SMILES string of the molecule is Nc1c(Br)cccc1-c1nc2ncncc2[nH]1. The van der Waals surface area contributed by atoms with Crippen LogP contribution in [0.3, 0.4) is 0 Å². The molecule has 0 spiro atoms. The molecule has 2 aromatic heterocycles. The van der Waals surface area contributed by atoms with Crippen molar-refractivity contribution in [3.05, 3.63) is 35.2 Å². The maximum Gasteiger partial charge on any atom is 0.181 e. The summed E-state index contributed by atoms with van der Waals surface area (Å²) >= 11 is 3.39. The van der Waals surface area contributed by atoms with Gasteiger partial charge in [0.25, 0.3) is 0 Å². The zero-order chi connectivity index (χ0) is 11.8. The third kappa shape index (κ3) is 1.66. The Hall–Kier alpha value is -1.95. The van der Waals surface area contributed by atoms with Crippen molar-refractivity contribution >= 4 is 32.8 Å². The molecule has 3 N–H and O–H groups in total. The first kappa shape index (κ1) is 10.2. The van der Waals surface area contributed by atoms with Gasteiger partial charge in [-0.2, -0.15) is 0 Å². The van der Waals surface area contributed by atoms with E-state index in [1.807, 2.05) is 18.2 Å². The fourth-order valence-corrected chi connectivity index (χ4v) is 2.00. The number of rotatable bonds is 1. The van der Waals surface area contributed by atoms with Gasteiger partial charge in [0.15, 0.2) is 5.65 Å². The normalized spacial score (nSPS) is 10.9. The number of nitrogens with one attached hydrogen (secondary N) is 1. The van der Waals surface area contributed by atoms with E-state index in [9.17, 15) is 0 Å². The van der Waals surface area contributed by atoms with Crippen molar-refractivity contribution in [2.24, 2.45) is 0 Å². The van der Waals surface area contributed by atoms with Gasteiger partial charge in [-0.25, -0.2) is 15.0 Å². The number of halogens is 1. The maximum absolute atomic E-state index is 5.99. The molecule has 5 nitrogen and oxygen atoms in total. The lowest BCUT2D eigenvalue weighted by Gasteiger charge is -2.03. The summed E-state index contributed by atoms with van der Waals surface area (Å²) in [5, 5.41) is 0. The Morgan fingerprint density at radius 1 is 1.29 bits per heavy atom. The van der Waals surface area contributed by atoms with Crippen LogP contribution in [0.5, 0.6) is 0 Å². The van der Waals surface area contributed by atoms with E-state index in [0.29, 0.717) is 17.2 Å². The van der Waals surface area contributed by atoms with Crippen LogP contribution in [0, 0.1) is 0 Å². The Morgan fingerprint density at radius 3 is 3.00 bits per heavy atom. The van der Waals surface area contributed by atoms with Crippen molar-refractivity contribution in [2.75, 3.05) is 5.73 Å². The number of H-pyrrole nitrogens is 1. The second kappa shape index (κ2) is 3.81. The van der Waals surface area contributed by atoms with Gasteiger partial charge < -0.3 is 10.7 Å². The zero-order valence-corrected chi connectivity index (χ0v) is 10.3. The predicted octanol–water partition coefficient (Wildman–Crippen LogP) is 2.36. The lowest BCUT2D eigenvalue weighted by Crippen LogP contribution is -1.92. The average Bonchev–Trinajstić information content (AvgIpc) is 2.76. The van der Waals surface area contributed by atoms with Gasteiger partial charge in [-0.3, -0.25) is 0 Å². The summed E-state index contributed by atoms with van der Waals surface area (Å²) in [6, 6.07) is 5.71. The fraction of sp³-hybridized carbons (Fsp3) is 0. The minimum absolute atomic E-state index is 0.634. The van der Waals surface area contributed by atoms with Gasteiger partial charge in [-0.1, -0.05) is 6.07 Å². The minimum atomic E-state index is 0.634. The van der Waals surface area contributed by atoms with Gasteiger partial charge in [0.2, 0.25) is 0 Å². The zero-order valence-electron chi connectivity index (χ0n) is 8.68. The Morgan fingerprint density at radius 2 is 2.18 bits per heavy atom. The van der Waals surface area contributed by atoms with E-state index >= 15 is 0 Å². The maximum atomic E-state index is 5.99. The minimum Gasteiger partial charge on any atom is -0.397 e. The van der Waals surface area contributed by atoms with Crippen LogP contribution in [-0.2, 0) is 0 Å². The number of aromatic amines is 1. The monoisotopic (exact) mass is 289 g/mol. The number of benzene rings is 1. The van der Waals surface area contributed by atoms with E-state index < -0.39 is 0 Å². The second-order valence-electron chi connectivity index (χ2n) is 3.55. The molecule has 1 aromatic carbocycles. The van der Waals surface area contributed by atoms with Crippen LogP contribution < -0.4 is 5.73 Å². The van der Waals surface area contributed by atoms with Crippen molar-refractivity contribution in [3.8, 4) is 11.4 Å². The quantitative estimate of drug-likeness (QED) is 0.674. The molecule has 3 aromatic rings. The molecule has 0 aliphatic rings. The van der Waals surface area contributed by atoms with Gasteiger partial charge in [0, 0.05) is 10.0 Å². The van der Waals surface area contributed by atoms with E-state index in [2.05, 4.69) is 35.9 Å². The number of aromatic nitrogens is 4. The summed E-state index contributed by atoms with van der Waals surface area (Å²) in [6.45, 7) is 0. The Balaban J connectivity index is 2.24. The molecule has 0 unspecified atom stereocenters. The highest BCUT2D eigenvalue weighted by molar-refractivity contribution is 9.10. The van der Waals surface area contributed by atoms with Crippen molar-refractivity contribution in [2.45, 2.75) is 0 Å². The highest BCUT2D eigenvalue weighted by Crippen LogP contribution is 2.30. The predicted molar refractivity (Wildman–Crippen MR) is 69.2 cm³/mol. The molecule has 3 rings (SSSR count). The summed E-state index contributed by atoms with van der Waals surface area (Å²) in [4.78, 5) is 15.5. The summed E-state index contributed by atoms with van der Waals surface area (Å²) in [7, 11) is 0. The van der Waals surface area contributed by atoms with Crippen molar-refractivity contribution in [1.29, 1.82) is 0 Å². The molecule has 0 saturated carbocycles. The molecular formula is C11H8BrN5. The number of fused-ring (bicyclic) bond motifs is 1.